The van der Waals surface area contributed by atoms with Crippen molar-refractivity contribution in [2.45, 2.75) is 23.9 Å². The first-order valence-electron chi connectivity index (χ1n) is 7.91. The number of hydrogen-bond acceptors (Lipinski definition) is 6. The van der Waals surface area contributed by atoms with E-state index in [1.807, 2.05) is 6.07 Å². The third kappa shape index (κ3) is 4.18. The zero-order valence-corrected chi connectivity index (χ0v) is 15.7. The Balaban J connectivity index is 1.97. The Bertz CT molecular complexity index is 1080. The van der Waals surface area contributed by atoms with Crippen LogP contribution in [-0.4, -0.2) is 31.4 Å². The predicted molar refractivity (Wildman–Crippen MR) is 97.0 cm³/mol. The van der Waals surface area contributed by atoms with Gasteiger partial charge in [0.15, 0.2) is 9.84 Å². The Hall–Kier alpha value is -2.45. The minimum Gasteiger partial charge on any atom is -0.386 e. The topological polar surface area (TPSA) is 96.3 Å². The van der Waals surface area contributed by atoms with Gasteiger partial charge in [-0.25, -0.2) is 12.8 Å². The van der Waals surface area contributed by atoms with Crippen LogP contribution in [-0.2, 0) is 9.84 Å². The van der Waals surface area contributed by atoms with Gasteiger partial charge in [0.05, 0.1) is 28.7 Å². The van der Waals surface area contributed by atoms with E-state index in [4.69, 9.17) is 11.0 Å². The van der Waals surface area contributed by atoms with E-state index in [9.17, 15) is 26.0 Å². The number of hydrogen-bond donors (Lipinski definition) is 1. The van der Waals surface area contributed by atoms with Crippen molar-refractivity contribution in [2.75, 3.05) is 5.75 Å². The van der Waals surface area contributed by atoms with E-state index >= 15 is 0 Å². The van der Waals surface area contributed by atoms with Crippen LogP contribution in [0.1, 0.15) is 22.9 Å². The van der Waals surface area contributed by atoms with Gasteiger partial charge in [-0.2, -0.15) is 18.4 Å². The van der Waals surface area contributed by atoms with E-state index in [0.29, 0.717) is 16.0 Å². The zero-order chi connectivity index (χ0) is 20.7. The number of halogens is 4. The highest BCUT2D eigenvalue weighted by molar-refractivity contribution is 7.92. The van der Waals surface area contributed by atoms with E-state index in [1.54, 1.807) is 24.3 Å². The Kier molecular flexibility index (Phi) is 5.20. The van der Waals surface area contributed by atoms with Crippen molar-refractivity contribution in [3.8, 4) is 16.5 Å². The lowest BCUT2D eigenvalue weighted by Crippen LogP contribution is -2.45. The summed E-state index contributed by atoms with van der Waals surface area (Å²) in [5.41, 5.74) is 6.43. The molecule has 0 aliphatic carbocycles. The number of nitrogens with two attached hydrogens (primary N) is 1. The molecule has 2 aromatic rings. The first-order valence-corrected chi connectivity index (χ1v) is 10.4. The molecule has 0 saturated carbocycles. The smallest absolute Gasteiger partial charge is 0.386 e. The molecule has 1 aliphatic heterocycles. The van der Waals surface area contributed by atoms with Gasteiger partial charge in [-0.05, 0) is 23.8 Å². The molecule has 0 fully saturated rings. The third-order valence-corrected chi connectivity index (χ3v) is 7.48. The molecule has 1 aromatic heterocycles. The van der Waals surface area contributed by atoms with Crippen LogP contribution in [0.2, 0.25) is 0 Å². The van der Waals surface area contributed by atoms with Crippen molar-refractivity contribution >= 4 is 27.0 Å². The highest BCUT2D eigenvalue weighted by atomic mass is 32.2. The van der Waals surface area contributed by atoms with Crippen molar-refractivity contribution in [3.05, 3.63) is 46.6 Å². The summed E-state index contributed by atoms with van der Waals surface area (Å²) in [4.78, 5) is 4.25. The predicted octanol–water partition coefficient (Wildman–Crippen LogP) is 3.57. The van der Waals surface area contributed by atoms with Crippen LogP contribution in [0.4, 0.5) is 17.6 Å². The van der Waals surface area contributed by atoms with E-state index in [1.165, 1.54) is 6.07 Å². The van der Waals surface area contributed by atoms with Crippen molar-refractivity contribution in [2.24, 2.45) is 10.7 Å². The average Bonchev–Trinajstić information content (AvgIpc) is 2.99. The summed E-state index contributed by atoms with van der Waals surface area (Å²) in [5, 5.41) is 7.01. The number of amidine groups is 1. The summed E-state index contributed by atoms with van der Waals surface area (Å²) in [7, 11) is -4.26. The summed E-state index contributed by atoms with van der Waals surface area (Å²) < 4.78 is 77.0. The first-order chi connectivity index (χ1) is 13.0. The van der Waals surface area contributed by atoms with Crippen molar-refractivity contribution in [3.63, 3.8) is 0 Å². The molecule has 0 radical (unpaired) electrons. The van der Waals surface area contributed by atoms with Gasteiger partial charge in [-0.3, -0.25) is 4.99 Å². The maximum atomic E-state index is 14.5. The van der Waals surface area contributed by atoms with Gasteiger partial charge >= 0.3 is 6.18 Å². The van der Waals surface area contributed by atoms with E-state index in [0.717, 1.165) is 11.3 Å². The molecule has 0 bridgehead atoms. The number of sulfone groups is 1. The first kappa shape index (κ1) is 20.3. The molecule has 148 valence electrons. The van der Waals surface area contributed by atoms with Gasteiger partial charge in [-0.15, -0.1) is 11.3 Å². The number of thiophene rings is 1. The van der Waals surface area contributed by atoms with E-state index in [2.05, 4.69) is 4.99 Å². The number of aliphatic imine (C=N–C) groups is 1. The largest absolute Gasteiger partial charge is 0.390 e. The average molecular weight is 431 g/mol. The molecule has 3 rings (SSSR count). The second-order valence-corrected chi connectivity index (χ2v) is 9.53. The van der Waals surface area contributed by atoms with Crippen molar-refractivity contribution < 1.29 is 26.0 Å². The van der Waals surface area contributed by atoms with Crippen LogP contribution in [0, 0.1) is 17.1 Å². The molecule has 28 heavy (non-hydrogen) atoms. The normalized spacial score (nSPS) is 21.8. The van der Waals surface area contributed by atoms with Crippen LogP contribution in [0.25, 0.3) is 10.4 Å². The van der Waals surface area contributed by atoms with Crippen LogP contribution in [0.15, 0.2) is 35.3 Å². The SMILES string of the molecule is N#Cc1cccc(-c2cc(F)c(C3CS(=O)(=O)C(CC(F)(F)F)C(N)=N3)s2)c1. The molecular weight excluding hydrogens is 418 g/mol. The Morgan fingerprint density at radius 3 is 2.64 bits per heavy atom. The molecule has 2 N–H and O–H groups in total. The van der Waals surface area contributed by atoms with Crippen molar-refractivity contribution in [1.29, 1.82) is 5.26 Å². The van der Waals surface area contributed by atoms with Crippen molar-refractivity contribution in [1.82, 2.24) is 0 Å². The molecule has 1 aromatic carbocycles. The Morgan fingerprint density at radius 1 is 1.32 bits per heavy atom. The van der Waals surface area contributed by atoms with Crippen LogP contribution >= 0.6 is 11.3 Å². The molecular formula is C17H13F4N3O2S2. The number of nitrogens with zero attached hydrogens (tertiary/aromatic N) is 2. The van der Waals surface area contributed by atoms with Crippen LogP contribution in [0.5, 0.6) is 0 Å². The number of alkyl halides is 3. The maximum Gasteiger partial charge on any atom is 0.390 e. The molecule has 2 unspecified atom stereocenters. The fraction of sp³-hybridized carbons (Fsp3) is 0.294. The summed E-state index contributed by atoms with van der Waals surface area (Å²) >= 11 is 0.922. The molecule has 1 aliphatic rings. The second kappa shape index (κ2) is 7.18. The summed E-state index contributed by atoms with van der Waals surface area (Å²) in [5.74, 6) is -2.16. The van der Waals surface area contributed by atoms with Gasteiger partial charge in [0.2, 0.25) is 0 Å². The lowest BCUT2D eigenvalue weighted by Gasteiger charge is -2.26. The number of benzene rings is 1. The summed E-state index contributed by atoms with van der Waals surface area (Å²) in [6.45, 7) is 0. The highest BCUT2D eigenvalue weighted by Gasteiger charge is 2.44. The lowest BCUT2D eigenvalue weighted by molar-refractivity contribution is -0.132. The Labute approximate surface area is 162 Å². The molecule has 0 spiro atoms. The van der Waals surface area contributed by atoms with Crippen LogP contribution in [0.3, 0.4) is 0 Å². The van der Waals surface area contributed by atoms with Gasteiger partial charge in [-0.1, -0.05) is 12.1 Å². The molecule has 2 heterocycles. The highest BCUT2D eigenvalue weighted by Crippen LogP contribution is 2.39. The minimum absolute atomic E-state index is 0.0330. The van der Waals surface area contributed by atoms with Gasteiger partial charge in [0.1, 0.15) is 22.9 Å². The van der Waals surface area contributed by atoms with Crippen LogP contribution < -0.4 is 5.73 Å². The summed E-state index contributed by atoms with van der Waals surface area (Å²) in [6.07, 6.45) is -6.35. The molecule has 5 nitrogen and oxygen atoms in total. The Morgan fingerprint density at radius 2 is 2.04 bits per heavy atom. The molecule has 2 atom stereocenters. The number of nitriles is 1. The third-order valence-electron chi connectivity index (χ3n) is 4.17. The van der Waals surface area contributed by atoms with E-state index < -0.39 is 51.1 Å². The monoisotopic (exact) mass is 431 g/mol. The quantitative estimate of drug-likeness (QED) is 0.752. The molecule has 0 amide bonds. The van der Waals surface area contributed by atoms with Gasteiger partial charge in [0.25, 0.3) is 0 Å². The standard InChI is InChI=1S/C17H13F4N3O2S2/c18-11-5-13(10-3-1-2-9(4-10)7-22)27-15(11)12-8-28(25,26)14(16(23)24-12)6-17(19,20)21/h1-5,12,14H,6,8H2,(H2,23,24). The van der Waals surface area contributed by atoms with E-state index in [-0.39, 0.29) is 4.88 Å². The summed E-state index contributed by atoms with van der Waals surface area (Å²) in [6, 6.07) is 8.32. The van der Waals surface area contributed by atoms with Gasteiger partial charge < -0.3 is 5.73 Å². The molecule has 0 saturated heterocycles. The number of rotatable bonds is 3. The minimum atomic E-state index is -4.72. The second-order valence-electron chi connectivity index (χ2n) is 6.22. The van der Waals surface area contributed by atoms with Gasteiger partial charge in [0, 0.05) is 4.88 Å². The lowest BCUT2D eigenvalue weighted by atomic mass is 10.1. The fourth-order valence-electron chi connectivity index (χ4n) is 2.89. The zero-order valence-electron chi connectivity index (χ0n) is 14.1. The fourth-order valence-corrected chi connectivity index (χ4v) is 5.85. The maximum absolute atomic E-state index is 14.5. The molecule has 11 heteroatoms.